The van der Waals surface area contributed by atoms with Gasteiger partial charge in [-0.1, -0.05) is 166 Å². The van der Waals surface area contributed by atoms with Crippen molar-refractivity contribution in [2.24, 2.45) is 0 Å². The van der Waals surface area contributed by atoms with Crippen molar-refractivity contribution in [2.75, 3.05) is 40.9 Å². The van der Waals surface area contributed by atoms with Gasteiger partial charge in [0, 0.05) is 6.42 Å². The number of aliphatic hydroxyl groups excluding tert-OH is 1. The monoisotopic (exact) mass is 755 g/mol. The molecule has 0 aliphatic heterocycles. The minimum absolute atomic E-state index is 0.00111. The Morgan fingerprint density at radius 1 is 0.692 bits per heavy atom. The highest BCUT2D eigenvalue weighted by atomic mass is 31.2. The summed E-state index contributed by atoms with van der Waals surface area (Å²) in [6.45, 7) is 4.50. The molecule has 0 saturated heterocycles. The molecule has 52 heavy (non-hydrogen) atoms. The quantitative estimate of drug-likeness (QED) is 0.0281. The van der Waals surface area contributed by atoms with Crippen LogP contribution < -0.4 is 10.2 Å². The molecule has 0 aromatic heterocycles. The fourth-order valence-electron chi connectivity index (χ4n) is 5.95. The van der Waals surface area contributed by atoms with E-state index in [1.807, 2.05) is 27.2 Å². The second-order valence-corrected chi connectivity index (χ2v) is 17.1. The zero-order valence-corrected chi connectivity index (χ0v) is 35.4. The summed E-state index contributed by atoms with van der Waals surface area (Å²) in [4.78, 5) is 25.2. The number of nitrogens with one attached hydrogen (secondary N) is 1. The zero-order valence-electron chi connectivity index (χ0n) is 34.5. The summed E-state index contributed by atoms with van der Waals surface area (Å²) in [5.41, 5.74) is 0. The summed E-state index contributed by atoms with van der Waals surface area (Å²) >= 11 is 0. The average Bonchev–Trinajstić information content (AvgIpc) is 3.09. The number of amides is 1. The highest BCUT2D eigenvalue weighted by molar-refractivity contribution is 7.45. The lowest BCUT2D eigenvalue weighted by Crippen LogP contribution is -2.45. The van der Waals surface area contributed by atoms with E-state index in [2.05, 4.69) is 43.5 Å². The Kier molecular flexibility index (Phi) is 34.6. The number of phosphoric ester groups is 1. The zero-order chi connectivity index (χ0) is 38.6. The summed E-state index contributed by atoms with van der Waals surface area (Å²) in [6.07, 6.45) is 42.0. The average molecular weight is 755 g/mol. The lowest BCUT2D eigenvalue weighted by molar-refractivity contribution is -0.870. The van der Waals surface area contributed by atoms with Crippen LogP contribution in [0.25, 0.3) is 0 Å². The van der Waals surface area contributed by atoms with E-state index in [0.29, 0.717) is 17.4 Å². The second kappa shape index (κ2) is 35.4. The van der Waals surface area contributed by atoms with Gasteiger partial charge in [-0.15, -0.1) is 0 Å². The van der Waals surface area contributed by atoms with E-state index in [9.17, 15) is 19.4 Å². The molecule has 0 aliphatic rings. The molecule has 0 rings (SSSR count). The molecule has 3 unspecified atom stereocenters. The van der Waals surface area contributed by atoms with Crippen molar-refractivity contribution in [3.63, 3.8) is 0 Å². The number of phosphoric acid groups is 1. The molecule has 306 valence electrons. The molecule has 0 spiro atoms. The minimum Gasteiger partial charge on any atom is -0.756 e. The third-order valence-corrected chi connectivity index (χ3v) is 10.3. The Bertz CT molecular complexity index is 948. The topological polar surface area (TPSA) is 108 Å². The second-order valence-electron chi connectivity index (χ2n) is 15.7. The number of rotatable bonds is 38. The van der Waals surface area contributed by atoms with Gasteiger partial charge in [0.15, 0.2) is 0 Å². The van der Waals surface area contributed by atoms with Gasteiger partial charge in [-0.3, -0.25) is 9.36 Å². The first-order valence-electron chi connectivity index (χ1n) is 21.4. The maximum Gasteiger partial charge on any atom is 0.268 e. The molecule has 9 heteroatoms. The molecule has 0 saturated carbocycles. The Labute approximate surface area is 321 Å². The number of nitrogens with zero attached hydrogens (tertiary/aromatic N) is 1. The smallest absolute Gasteiger partial charge is 0.268 e. The van der Waals surface area contributed by atoms with Crippen LogP contribution in [-0.2, 0) is 18.4 Å². The Morgan fingerprint density at radius 3 is 1.69 bits per heavy atom. The maximum absolute atomic E-state index is 12.8. The van der Waals surface area contributed by atoms with E-state index >= 15 is 0 Å². The maximum atomic E-state index is 12.8. The molecular weight excluding hydrogens is 671 g/mol. The Hall–Kier alpha value is -1.28. The van der Waals surface area contributed by atoms with E-state index in [-0.39, 0.29) is 19.1 Å². The van der Waals surface area contributed by atoms with Crippen LogP contribution in [0.3, 0.4) is 0 Å². The number of unbranched alkanes of at least 4 members (excludes halogenated alkanes) is 21. The fourth-order valence-corrected chi connectivity index (χ4v) is 6.68. The van der Waals surface area contributed by atoms with Gasteiger partial charge < -0.3 is 28.8 Å². The summed E-state index contributed by atoms with van der Waals surface area (Å²) < 4.78 is 23.1. The molecule has 0 aromatic carbocycles. The van der Waals surface area contributed by atoms with Gasteiger partial charge in [0.2, 0.25) is 5.91 Å². The fraction of sp³-hybridized carbons (Fsp3) is 0.837. The van der Waals surface area contributed by atoms with Crippen LogP contribution in [0.5, 0.6) is 0 Å². The number of likely N-dealkylation sites (N-methyl/N-ethyl adjacent to an activating group) is 1. The predicted molar refractivity (Wildman–Crippen MR) is 219 cm³/mol. The first kappa shape index (κ1) is 50.7. The molecule has 0 heterocycles. The van der Waals surface area contributed by atoms with Gasteiger partial charge >= 0.3 is 0 Å². The highest BCUT2D eigenvalue weighted by Crippen LogP contribution is 2.38. The van der Waals surface area contributed by atoms with Crippen molar-refractivity contribution in [1.82, 2.24) is 5.32 Å². The number of hydrogen-bond acceptors (Lipinski definition) is 6. The lowest BCUT2D eigenvalue weighted by Gasteiger charge is -2.29. The molecule has 0 radical (unpaired) electrons. The third-order valence-electron chi connectivity index (χ3n) is 9.36. The molecule has 3 atom stereocenters. The van der Waals surface area contributed by atoms with Crippen LogP contribution in [0.2, 0.25) is 0 Å². The largest absolute Gasteiger partial charge is 0.756 e. The number of carbonyl (C=O) groups is 1. The van der Waals surface area contributed by atoms with Crippen molar-refractivity contribution >= 4 is 13.7 Å². The van der Waals surface area contributed by atoms with E-state index in [1.54, 1.807) is 6.08 Å². The molecule has 1 amide bonds. The highest BCUT2D eigenvalue weighted by Gasteiger charge is 2.23. The van der Waals surface area contributed by atoms with Gasteiger partial charge in [-0.05, 0) is 44.9 Å². The van der Waals surface area contributed by atoms with E-state index in [0.717, 1.165) is 51.4 Å². The first-order chi connectivity index (χ1) is 25.0. The molecule has 0 aliphatic carbocycles. The molecule has 0 bridgehead atoms. The van der Waals surface area contributed by atoms with Gasteiger partial charge in [0.25, 0.3) is 7.82 Å². The summed E-state index contributed by atoms with van der Waals surface area (Å²) in [6, 6.07) is -0.882. The third kappa shape index (κ3) is 37.1. The van der Waals surface area contributed by atoms with Crippen molar-refractivity contribution in [1.29, 1.82) is 0 Å². The number of hydrogen-bond donors (Lipinski definition) is 2. The molecular formula is C43H83N2O6P. The van der Waals surface area contributed by atoms with Gasteiger partial charge in [-0.2, -0.15) is 0 Å². The van der Waals surface area contributed by atoms with Crippen molar-refractivity contribution in [2.45, 2.75) is 193 Å². The summed E-state index contributed by atoms with van der Waals surface area (Å²) in [7, 11) is 1.26. The van der Waals surface area contributed by atoms with Gasteiger partial charge in [0.05, 0.1) is 39.9 Å². The van der Waals surface area contributed by atoms with Crippen molar-refractivity contribution in [3.05, 3.63) is 36.5 Å². The summed E-state index contributed by atoms with van der Waals surface area (Å²) in [5, 5.41) is 13.7. The van der Waals surface area contributed by atoms with Crippen LogP contribution in [0.4, 0.5) is 0 Å². The number of quaternary nitrogens is 1. The van der Waals surface area contributed by atoms with E-state index in [1.165, 1.54) is 109 Å². The first-order valence-corrected chi connectivity index (χ1v) is 22.8. The molecule has 2 N–H and O–H groups in total. The van der Waals surface area contributed by atoms with Crippen LogP contribution >= 0.6 is 7.82 Å². The van der Waals surface area contributed by atoms with Crippen LogP contribution in [0, 0.1) is 0 Å². The number of allylic oxidation sites excluding steroid dienone is 5. The SMILES string of the molecule is CC/C=C\C/C=C\CCCCCCCCCCCCCCCCC(=O)NC(COP(=O)([O-])OCC[N+](C)(C)C)C(O)/C=C/CCCCCCCCC. The van der Waals surface area contributed by atoms with Gasteiger partial charge in [0.1, 0.15) is 13.2 Å². The van der Waals surface area contributed by atoms with Crippen LogP contribution in [0.15, 0.2) is 36.5 Å². The van der Waals surface area contributed by atoms with Crippen molar-refractivity contribution < 1.29 is 32.9 Å². The van der Waals surface area contributed by atoms with E-state index in [4.69, 9.17) is 9.05 Å². The Balaban J connectivity index is 4.25. The normalized spacial score (nSPS) is 14.8. The Morgan fingerprint density at radius 2 is 1.17 bits per heavy atom. The van der Waals surface area contributed by atoms with Crippen molar-refractivity contribution in [3.8, 4) is 0 Å². The number of carbonyl (C=O) groups excluding carboxylic acids is 1. The summed E-state index contributed by atoms with van der Waals surface area (Å²) in [5.74, 6) is -0.202. The van der Waals surface area contributed by atoms with Gasteiger partial charge in [-0.25, -0.2) is 0 Å². The minimum atomic E-state index is -4.58. The molecule has 8 nitrogen and oxygen atoms in total. The van der Waals surface area contributed by atoms with Crippen LogP contribution in [-0.4, -0.2) is 68.5 Å². The number of aliphatic hydroxyl groups is 1. The lowest BCUT2D eigenvalue weighted by atomic mass is 10.0. The standard InChI is InChI=1S/C43H83N2O6P/c1-6-8-10-12-14-16-17-18-19-20-21-22-23-24-25-26-27-29-31-33-35-37-43(47)44-41(40-51-52(48,49)50-39-38-45(3,4)5)42(46)36-34-32-30-28-15-13-11-9-7-2/h8,10,14,16,34,36,41-42,46H,6-7,9,11-13,15,17-33,35,37-40H2,1-5H3,(H-,44,47,48,49)/b10-8-,16-14-,36-34+. The molecule has 0 aromatic rings. The van der Waals surface area contributed by atoms with Crippen LogP contribution in [0.1, 0.15) is 181 Å². The molecule has 0 fully saturated rings. The van der Waals surface area contributed by atoms with E-state index < -0.39 is 20.0 Å². The predicted octanol–water partition coefficient (Wildman–Crippen LogP) is 10.9.